The third kappa shape index (κ3) is 2.69. The van der Waals surface area contributed by atoms with Crippen LogP contribution in [-0.2, 0) is 6.54 Å². The van der Waals surface area contributed by atoms with Crippen LogP contribution >= 0.6 is 0 Å². The van der Waals surface area contributed by atoms with Crippen LogP contribution in [0.25, 0.3) is 16.9 Å². The summed E-state index contributed by atoms with van der Waals surface area (Å²) in [5, 5.41) is 7.67. The number of aromatic nitrogens is 3. The molecule has 6 heteroatoms. The summed E-state index contributed by atoms with van der Waals surface area (Å²) < 4.78 is 12.4. The molecule has 3 heterocycles. The summed E-state index contributed by atoms with van der Waals surface area (Å²) >= 11 is 0. The molecule has 0 spiro atoms. The highest BCUT2D eigenvalue weighted by Crippen LogP contribution is 2.24. The van der Waals surface area contributed by atoms with Gasteiger partial charge in [-0.25, -0.2) is 4.98 Å². The van der Waals surface area contributed by atoms with E-state index in [4.69, 9.17) is 9.15 Å². The molecule has 0 saturated heterocycles. The second-order valence-electron chi connectivity index (χ2n) is 5.29. The van der Waals surface area contributed by atoms with Crippen molar-refractivity contribution in [3.63, 3.8) is 0 Å². The highest BCUT2D eigenvalue weighted by Gasteiger charge is 2.09. The fraction of sp³-hybridized carbons (Fsp3) is 0.111. The lowest BCUT2D eigenvalue weighted by atomic mass is 10.1. The number of nitrogens with one attached hydrogen (secondary N) is 1. The number of rotatable bonds is 5. The molecule has 24 heavy (non-hydrogen) atoms. The highest BCUT2D eigenvalue weighted by molar-refractivity contribution is 5.67. The van der Waals surface area contributed by atoms with E-state index in [1.54, 1.807) is 24.1 Å². The fourth-order valence-electron chi connectivity index (χ4n) is 2.54. The van der Waals surface area contributed by atoms with Crippen LogP contribution in [0.1, 0.15) is 5.76 Å². The summed E-state index contributed by atoms with van der Waals surface area (Å²) in [7, 11) is 1.66. The lowest BCUT2D eigenvalue weighted by Gasteiger charge is -2.10. The van der Waals surface area contributed by atoms with Crippen molar-refractivity contribution < 1.29 is 9.15 Å². The quantitative estimate of drug-likeness (QED) is 0.608. The summed E-state index contributed by atoms with van der Waals surface area (Å²) in [5.74, 6) is 2.53. The fourth-order valence-corrected chi connectivity index (χ4v) is 2.54. The molecule has 0 amide bonds. The summed E-state index contributed by atoms with van der Waals surface area (Å²) in [6.07, 6.45) is 3.40. The van der Waals surface area contributed by atoms with Crippen LogP contribution in [-0.4, -0.2) is 21.7 Å². The Hall–Kier alpha value is -3.28. The van der Waals surface area contributed by atoms with Crippen molar-refractivity contribution in [1.82, 2.24) is 14.6 Å². The SMILES string of the molecule is COc1ccc(-c2cc(NCc3ccco3)n3nccc3n2)cc1. The van der Waals surface area contributed by atoms with Crippen molar-refractivity contribution in [3.8, 4) is 17.0 Å². The molecule has 0 bridgehead atoms. The van der Waals surface area contributed by atoms with Gasteiger partial charge in [-0.3, -0.25) is 0 Å². The number of methoxy groups -OCH3 is 1. The minimum absolute atomic E-state index is 0.577. The van der Waals surface area contributed by atoms with Gasteiger partial charge in [-0.15, -0.1) is 0 Å². The van der Waals surface area contributed by atoms with E-state index in [0.717, 1.165) is 34.2 Å². The van der Waals surface area contributed by atoms with Crippen LogP contribution in [0.2, 0.25) is 0 Å². The van der Waals surface area contributed by atoms with Crippen LogP contribution in [0.15, 0.2) is 65.4 Å². The van der Waals surface area contributed by atoms with Crippen LogP contribution in [0.3, 0.4) is 0 Å². The van der Waals surface area contributed by atoms with Gasteiger partial charge in [0, 0.05) is 17.7 Å². The molecule has 0 atom stereocenters. The van der Waals surface area contributed by atoms with Gasteiger partial charge >= 0.3 is 0 Å². The van der Waals surface area contributed by atoms with E-state index in [0.29, 0.717) is 6.54 Å². The van der Waals surface area contributed by atoms with Gasteiger partial charge in [0.2, 0.25) is 0 Å². The third-order valence-electron chi connectivity index (χ3n) is 3.77. The maximum Gasteiger partial charge on any atom is 0.157 e. The predicted octanol–water partition coefficient (Wildman–Crippen LogP) is 3.61. The van der Waals surface area contributed by atoms with E-state index in [1.165, 1.54) is 0 Å². The van der Waals surface area contributed by atoms with Crippen molar-refractivity contribution in [1.29, 1.82) is 0 Å². The van der Waals surface area contributed by atoms with Gasteiger partial charge in [0.15, 0.2) is 5.65 Å². The van der Waals surface area contributed by atoms with Crippen LogP contribution < -0.4 is 10.1 Å². The molecule has 3 aromatic heterocycles. The Morgan fingerprint density at radius 2 is 2.04 bits per heavy atom. The van der Waals surface area contributed by atoms with E-state index in [1.807, 2.05) is 48.5 Å². The topological polar surface area (TPSA) is 64.6 Å². The monoisotopic (exact) mass is 320 g/mol. The van der Waals surface area contributed by atoms with Gasteiger partial charge in [0.05, 0.1) is 31.8 Å². The Morgan fingerprint density at radius 1 is 1.17 bits per heavy atom. The minimum atomic E-state index is 0.577. The Kier molecular flexibility index (Phi) is 3.63. The number of furan rings is 1. The Bertz CT molecular complexity index is 943. The number of hydrogen-bond acceptors (Lipinski definition) is 5. The van der Waals surface area contributed by atoms with Crippen LogP contribution in [0.5, 0.6) is 5.75 Å². The first-order valence-corrected chi connectivity index (χ1v) is 7.59. The molecule has 0 aliphatic carbocycles. The Balaban J connectivity index is 1.70. The maximum atomic E-state index is 5.37. The molecule has 0 unspecified atom stereocenters. The number of hydrogen-bond donors (Lipinski definition) is 1. The van der Waals surface area contributed by atoms with Crippen molar-refractivity contribution in [2.45, 2.75) is 6.54 Å². The van der Waals surface area contributed by atoms with Crippen molar-refractivity contribution in [3.05, 3.63) is 66.8 Å². The van der Waals surface area contributed by atoms with E-state index in [-0.39, 0.29) is 0 Å². The van der Waals surface area contributed by atoms with E-state index in [2.05, 4.69) is 15.4 Å². The van der Waals surface area contributed by atoms with Gasteiger partial charge in [-0.1, -0.05) is 0 Å². The largest absolute Gasteiger partial charge is 0.497 e. The zero-order chi connectivity index (χ0) is 16.4. The van der Waals surface area contributed by atoms with Gasteiger partial charge in [-0.05, 0) is 36.4 Å². The summed E-state index contributed by atoms with van der Waals surface area (Å²) in [5.41, 5.74) is 2.67. The molecule has 4 aromatic rings. The minimum Gasteiger partial charge on any atom is -0.497 e. The number of benzene rings is 1. The van der Waals surface area contributed by atoms with Gasteiger partial charge in [-0.2, -0.15) is 9.61 Å². The molecule has 0 aliphatic heterocycles. The number of nitrogens with zero attached hydrogens (tertiary/aromatic N) is 3. The van der Waals surface area contributed by atoms with E-state index >= 15 is 0 Å². The maximum absolute atomic E-state index is 5.37. The summed E-state index contributed by atoms with van der Waals surface area (Å²) in [6, 6.07) is 15.5. The van der Waals surface area contributed by atoms with Crippen molar-refractivity contribution in [2.24, 2.45) is 0 Å². The zero-order valence-corrected chi connectivity index (χ0v) is 13.1. The van der Waals surface area contributed by atoms with E-state index in [9.17, 15) is 0 Å². The standard InChI is InChI=1S/C18H16N4O2/c1-23-14-6-4-13(5-7-14)16-11-18(19-12-15-3-2-10-24-15)22-17(21-16)8-9-20-22/h2-11,19H,12H2,1H3. The first-order chi connectivity index (χ1) is 11.8. The molecular weight excluding hydrogens is 304 g/mol. The normalized spacial score (nSPS) is 10.9. The second kappa shape index (κ2) is 6.08. The summed E-state index contributed by atoms with van der Waals surface area (Å²) in [6.45, 7) is 0.577. The first kappa shape index (κ1) is 14.3. The van der Waals surface area contributed by atoms with Gasteiger partial charge < -0.3 is 14.5 Å². The lowest BCUT2D eigenvalue weighted by Crippen LogP contribution is -2.06. The number of anilines is 1. The molecule has 6 nitrogen and oxygen atoms in total. The predicted molar refractivity (Wildman–Crippen MR) is 91.0 cm³/mol. The molecule has 1 N–H and O–H groups in total. The van der Waals surface area contributed by atoms with Gasteiger partial charge in [0.1, 0.15) is 17.3 Å². The molecule has 0 fully saturated rings. The molecule has 1 aromatic carbocycles. The first-order valence-electron chi connectivity index (χ1n) is 7.59. The third-order valence-corrected chi connectivity index (χ3v) is 3.77. The lowest BCUT2D eigenvalue weighted by molar-refractivity contribution is 0.415. The zero-order valence-electron chi connectivity index (χ0n) is 13.1. The van der Waals surface area contributed by atoms with Crippen molar-refractivity contribution in [2.75, 3.05) is 12.4 Å². The molecule has 0 saturated carbocycles. The highest BCUT2D eigenvalue weighted by atomic mass is 16.5. The Morgan fingerprint density at radius 3 is 2.79 bits per heavy atom. The molecule has 4 rings (SSSR count). The average molecular weight is 320 g/mol. The Labute approximate surface area is 138 Å². The second-order valence-corrected chi connectivity index (χ2v) is 5.29. The molecule has 120 valence electrons. The van der Waals surface area contributed by atoms with Crippen LogP contribution in [0.4, 0.5) is 5.82 Å². The summed E-state index contributed by atoms with van der Waals surface area (Å²) in [4.78, 5) is 4.66. The van der Waals surface area contributed by atoms with Crippen LogP contribution in [0, 0.1) is 0 Å². The van der Waals surface area contributed by atoms with Gasteiger partial charge in [0.25, 0.3) is 0 Å². The number of ether oxygens (including phenoxy) is 1. The molecule has 0 aliphatic rings. The van der Waals surface area contributed by atoms with E-state index < -0.39 is 0 Å². The molecule has 0 radical (unpaired) electrons. The smallest absolute Gasteiger partial charge is 0.157 e. The molecular formula is C18H16N4O2. The van der Waals surface area contributed by atoms with Crippen molar-refractivity contribution >= 4 is 11.5 Å². The number of fused-ring (bicyclic) bond motifs is 1. The average Bonchev–Trinajstić information content (AvgIpc) is 3.31.